The summed E-state index contributed by atoms with van der Waals surface area (Å²) in [4.78, 5) is 16.6. The maximum atomic E-state index is 12.4. The molecule has 110 valence electrons. The minimum Gasteiger partial charge on any atom is -0.322 e. The third-order valence-corrected chi connectivity index (χ3v) is 3.44. The van der Waals surface area contributed by atoms with Crippen LogP contribution in [0.4, 0.5) is 5.69 Å². The Balaban J connectivity index is 2.23. The topological polar surface area (TPSA) is 42.0 Å². The lowest BCUT2D eigenvalue weighted by Crippen LogP contribution is -2.13. The first-order valence-electron chi connectivity index (χ1n) is 7.04. The molecule has 1 aromatic carbocycles. The zero-order valence-electron chi connectivity index (χ0n) is 12.5. The van der Waals surface area contributed by atoms with E-state index in [1.54, 1.807) is 12.1 Å². The van der Waals surface area contributed by atoms with Crippen molar-refractivity contribution in [2.24, 2.45) is 0 Å². The molecule has 0 saturated heterocycles. The normalized spacial score (nSPS) is 10.5. The fourth-order valence-corrected chi connectivity index (χ4v) is 2.44. The number of rotatable bonds is 4. The zero-order chi connectivity index (χ0) is 15.4. The minimum atomic E-state index is -0.163. The minimum absolute atomic E-state index is 0.163. The van der Waals surface area contributed by atoms with Crippen LogP contribution in [0, 0.1) is 13.8 Å². The lowest BCUT2D eigenvalue weighted by molar-refractivity contribution is 0.102. The van der Waals surface area contributed by atoms with Crippen LogP contribution < -0.4 is 5.32 Å². The molecule has 1 N–H and O–H groups in total. The number of carbonyl (C=O) groups is 1. The number of benzene rings is 1. The fourth-order valence-electron chi connectivity index (χ4n) is 2.21. The molecule has 0 radical (unpaired) electrons. The first kappa shape index (κ1) is 15.5. The van der Waals surface area contributed by atoms with Gasteiger partial charge in [-0.2, -0.15) is 0 Å². The molecule has 0 atom stereocenters. The molecule has 0 saturated carbocycles. The third-order valence-electron chi connectivity index (χ3n) is 3.25. The SMILES string of the molecule is CCCc1cc(C(=O)Nc2ccc(C)cc2C)cc(Cl)n1. The molecule has 2 aromatic rings. The van der Waals surface area contributed by atoms with Crippen LogP contribution in [-0.2, 0) is 6.42 Å². The van der Waals surface area contributed by atoms with Crippen molar-refractivity contribution in [3.63, 3.8) is 0 Å². The summed E-state index contributed by atoms with van der Waals surface area (Å²) in [6.07, 6.45) is 1.77. The van der Waals surface area contributed by atoms with E-state index in [0.717, 1.165) is 29.8 Å². The summed E-state index contributed by atoms with van der Waals surface area (Å²) < 4.78 is 0. The highest BCUT2D eigenvalue weighted by Crippen LogP contribution is 2.18. The quantitative estimate of drug-likeness (QED) is 0.841. The van der Waals surface area contributed by atoms with E-state index >= 15 is 0 Å². The average molecular weight is 303 g/mol. The van der Waals surface area contributed by atoms with E-state index < -0.39 is 0 Å². The Morgan fingerprint density at radius 1 is 1.24 bits per heavy atom. The lowest BCUT2D eigenvalue weighted by atomic mass is 10.1. The number of amides is 1. The van der Waals surface area contributed by atoms with E-state index in [9.17, 15) is 4.79 Å². The number of nitrogens with one attached hydrogen (secondary N) is 1. The Kier molecular flexibility index (Phi) is 4.97. The van der Waals surface area contributed by atoms with Crippen molar-refractivity contribution in [1.82, 2.24) is 4.98 Å². The second kappa shape index (κ2) is 6.72. The number of carbonyl (C=O) groups excluding carboxylic acids is 1. The summed E-state index contributed by atoms with van der Waals surface area (Å²) in [6, 6.07) is 9.33. The number of hydrogen-bond acceptors (Lipinski definition) is 2. The Morgan fingerprint density at radius 2 is 2.00 bits per heavy atom. The van der Waals surface area contributed by atoms with Gasteiger partial charge in [-0.05, 0) is 44.0 Å². The second-order valence-corrected chi connectivity index (χ2v) is 5.58. The molecule has 1 amide bonds. The van der Waals surface area contributed by atoms with Crippen molar-refractivity contribution >= 4 is 23.2 Å². The summed E-state index contributed by atoms with van der Waals surface area (Å²) in [5.41, 5.74) is 4.41. The molecule has 0 spiro atoms. The molecule has 0 aliphatic rings. The number of pyridine rings is 1. The van der Waals surface area contributed by atoms with Gasteiger partial charge in [0.1, 0.15) is 5.15 Å². The molecule has 0 aliphatic heterocycles. The lowest BCUT2D eigenvalue weighted by Gasteiger charge is -2.10. The molecule has 21 heavy (non-hydrogen) atoms. The van der Waals surface area contributed by atoms with Crippen LogP contribution in [0.15, 0.2) is 30.3 Å². The van der Waals surface area contributed by atoms with Crippen LogP contribution in [0.1, 0.15) is 40.5 Å². The van der Waals surface area contributed by atoms with Crippen LogP contribution >= 0.6 is 11.6 Å². The number of hydrogen-bond donors (Lipinski definition) is 1. The summed E-state index contributed by atoms with van der Waals surface area (Å²) in [6.45, 7) is 6.07. The van der Waals surface area contributed by atoms with Gasteiger partial charge in [-0.15, -0.1) is 0 Å². The Bertz CT molecular complexity index is 668. The molecule has 4 heteroatoms. The van der Waals surface area contributed by atoms with Crippen molar-refractivity contribution in [2.45, 2.75) is 33.6 Å². The standard InChI is InChI=1S/C17H19ClN2O/c1-4-5-14-9-13(10-16(18)19-14)17(21)20-15-7-6-11(2)8-12(15)3/h6-10H,4-5H2,1-3H3,(H,20,21). The van der Waals surface area contributed by atoms with E-state index in [1.807, 2.05) is 32.0 Å². The molecule has 2 rings (SSSR count). The molecule has 0 unspecified atom stereocenters. The fraction of sp³-hybridized carbons (Fsp3) is 0.294. The average Bonchev–Trinajstić information content (AvgIpc) is 2.41. The van der Waals surface area contributed by atoms with E-state index in [4.69, 9.17) is 11.6 Å². The highest BCUT2D eigenvalue weighted by molar-refractivity contribution is 6.29. The molecule has 0 bridgehead atoms. The van der Waals surface area contributed by atoms with Gasteiger partial charge in [0.2, 0.25) is 0 Å². The van der Waals surface area contributed by atoms with E-state index in [2.05, 4.69) is 17.2 Å². The predicted molar refractivity (Wildman–Crippen MR) is 87.1 cm³/mol. The zero-order valence-corrected chi connectivity index (χ0v) is 13.3. The summed E-state index contributed by atoms with van der Waals surface area (Å²) in [5, 5.41) is 3.28. The molecule has 1 heterocycles. The van der Waals surface area contributed by atoms with Gasteiger partial charge in [0.15, 0.2) is 0 Å². The van der Waals surface area contributed by atoms with Crippen molar-refractivity contribution in [2.75, 3.05) is 5.32 Å². The van der Waals surface area contributed by atoms with Crippen LogP contribution in [-0.4, -0.2) is 10.9 Å². The van der Waals surface area contributed by atoms with Crippen molar-refractivity contribution in [1.29, 1.82) is 0 Å². The number of anilines is 1. The van der Waals surface area contributed by atoms with Crippen LogP contribution in [0.2, 0.25) is 5.15 Å². The smallest absolute Gasteiger partial charge is 0.255 e. The second-order valence-electron chi connectivity index (χ2n) is 5.19. The summed E-state index contributed by atoms with van der Waals surface area (Å²) >= 11 is 5.99. The molecule has 0 aliphatic carbocycles. The van der Waals surface area contributed by atoms with Gasteiger partial charge in [-0.1, -0.05) is 42.6 Å². The number of nitrogens with zero attached hydrogens (tertiary/aromatic N) is 1. The molecule has 3 nitrogen and oxygen atoms in total. The molecular weight excluding hydrogens is 284 g/mol. The van der Waals surface area contributed by atoms with Crippen LogP contribution in [0.5, 0.6) is 0 Å². The highest BCUT2D eigenvalue weighted by Gasteiger charge is 2.10. The van der Waals surface area contributed by atoms with Crippen molar-refractivity contribution in [3.8, 4) is 0 Å². The summed E-state index contributed by atoms with van der Waals surface area (Å²) in [5.74, 6) is -0.163. The van der Waals surface area contributed by atoms with Crippen molar-refractivity contribution in [3.05, 3.63) is 57.9 Å². The summed E-state index contributed by atoms with van der Waals surface area (Å²) in [7, 11) is 0. The largest absolute Gasteiger partial charge is 0.322 e. The van der Waals surface area contributed by atoms with Gasteiger partial charge < -0.3 is 5.32 Å². The first-order valence-corrected chi connectivity index (χ1v) is 7.42. The van der Waals surface area contributed by atoms with Gasteiger partial charge in [-0.3, -0.25) is 4.79 Å². The number of halogens is 1. The molecule has 0 fully saturated rings. The highest BCUT2D eigenvalue weighted by atomic mass is 35.5. The van der Waals surface area contributed by atoms with Gasteiger partial charge in [0.25, 0.3) is 5.91 Å². The Labute approximate surface area is 130 Å². The van der Waals surface area contributed by atoms with Crippen molar-refractivity contribution < 1.29 is 4.79 Å². The van der Waals surface area contributed by atoms with E-state index in [1.165, 1.54) is 5.56 Å². The number of aryl methyl sites for hydroxylation is 3. The van der Waals surface area contributed by atoms with Gasteiger partial charge in [0, 0.05) is 16.9 Å². The van der Waals surface area contributed by atoms with E-state index in [-0.39, 0.29) is 5.91 Å². The maximum absolute atomic E-state index is 12.4. The van der Waals surface area contributed by atoms with Crippen LogP contribution in [0.25, 0.3) is 0 Å². The Hall–Kier alpha value is -1.87. The predicted octanol–water partition coefficient (Wildman–Crippen LogP) is 4.56. The van der Waals surface area contributed by atoms with Gasteiger partial charge in [-0.25, -0.2) is 4.98 Å². The molecule has 1 aromatic heterocycles. The third kappa shape index (κ3) is 4.05. The maximum Gasteiger partial charge on any atom is 0.255 e. The van der Waals surface area contributed by atoms with Gasteiger partial charge in [0.05, 0.1) is 0 Å². The van der Waals surface area contributed by atoms with E-state index in [0.29, 0.717) is 10.7 Å². The first-order chi connectivity index (χ1) is 9.99. The molecular formula is C17H19ClN2O. The van der Waals surface area contributed by atoms with Crippen LogP contribution in [0.3, 0.4) is 0 Å². The number of aromatic nitrogens is 1. The van der Waals surface area contributed by atoms with Gasteiger partial charge >= 0.3 is 0 Å². The Morgan fingerprint density at radius 3 is 2.67 bits per heavy atom. The monoisotopic (exact) mass is 302 g/mol.